The maximum atomic E-state index is 14.6. The Morgan fingerprint density at radius 3 is 2.09 bits per heavy atom. The van der Waals surface area contributed by atoms with Crippen molar-refractivity contribution in [2.24, 2.45) is 11.7 Å². The van der Waals surface area contributed by atoms with Gasteiger partial charge in [-0.15, -0.1) is 0 Å². The second-order valence-corrected chi connectivity index (χ2v) is 14.1. The molecule has 252 valence electrons. The summed E-state index contributed by atoms with van der Waals surface area (Å²) in [5.41, 5.74) is 7.60. The van der Waals surface area contributed by atoms with Crippen LogP contribution in [0.25, 0.3) is 10.8 Å². The lowest BCUT2D eigenvalue weighted by Gasteiger charge is -2.39. The summed E-state index contributed by atoms with van der Waals surface area (Å²) in [6, 6.07) is 22.5. The molecule has 1 heterocycles. The molecule has 0 unspecified atom stereocenters. The monoisotopic (exact) mass is 639 g/mol. The number of fused-ring (bicyclic) bond motifs is 1. The lowest BCUT2D eigenvalue weighted by molar-refractivity contribution is -0.149. The van der Waals surface area contributed by atoms with E-state index >= 15 is 0 Å². The molecule has 4 rings (SSSR count). The van der Waals surface area contributed by atoms with Crippen molar-refractivity contribution in [1.82, 2.24) is 19.6 Å². The van der Waals surface area contributed by atoms with Gasteiger partial charge >= 0.3 is 0 Å². The molecule has 2 N–H and O–H groups in total. The number of rotatable bonds is 13. The Morgan fingerprint density at radius 1 is 0.830 bits per heavy atom. The van der Waals surface area contributed by atoms with Crippen molar-refractivity contribution in [2.45, 2.75) is 63.6 Å². The molecule has 0 saturated carbocycles. The number of hydrogen-bond donors (Lipinski definition) is 1. The minimum absolute atomic E-state index is 0.0449. The lowest BCUT2D eigenvalue weighted by Crippen LogP contribution is -2.57. The number of hydrogen-bond acceptors (Lipinski definition) is 5. The molecule has 0 radical (unpaired) electrons. The Morgan fingerprint density at radius 2 is 1.45 bits per heavy atom. The van der Waals surface area contributed by atoms with Gasteiger partial charge in [0.25, 0.3) is 0 Å². The van der Waals surface area contributed by atoms with E-state index in [0.717, 1.165) is 41.3 Å². The van der Waals surface area contributed by atoms with Gasteiger partial charge in [-0.3, -0.25) is 14.4 Å². The second-order valence-electron chi connectivity index (χ2n) is 14.1. The fourth-order valence-corrected chi connectivity index (χ4v) is 6.39. The Bertz CT molecular complexity index is 1520. The van der Waals surface area contributed by atoms with Crippen LogP contribution in [0.4, 0.5) is 0 Å². The van der Waals surface area contributed by atoms with E-state index in [9.17, 15) is 14.4 Å². The van der Waals surface area contributed by atoms with Crippen molar-refractivity contribution < 1.29 is 14.4 Å². The number of nitrogens with zero attached hydrogens (tertiary/aromatic N) is 4. The summed E-state index contributed by atoms with van der Waals surface area (Å²) < 4.78 is 0. The molecule has 0 aromatic heterocycles. The van der Waals surface area contributed by atoms with E-state index in [0.29, 0.717) is 38.3 Å². The van der Waals surface area contributed by atoms with Gasteiger partial charge in [0.05, 0.1) is 0 Å². The number of amides is 3. The van der Waals surface area contributed by atoms with Crippen LogP contribution in [0.2, 0.25) is 0 Å². The largest absolute Gasteiger partial charge is 0.341 e. The van der Waals surface area contributed by atoms with E-state index in [2.05, 4.69) is 31.1 Å². The van der Waals surface area contributed by atoms with Crippen LogP contribution in [0.5, 0.6) is 0 Å². The molecule has 3 aromatic carbocycles. The van der Waals surface area contributed by atoms with Gasteiger partial charge in [0.2, 0.25) is 17.7 Å². The van der Waals surface area contributed by atoms with Gasteiger partial charge in [-0.25, -0.2) is 0 Å². The fraction of sp³-hybridized carbons (Fsp3) is 0.462. The zero-order valence-corrected chi connectivity index (χ0v) is 29.1. The maximum Gasteiger partial charge on any atom is 0.246 e. The molecule has 0 bridgehead atoms. The topological polar surface area (TPSA) is 90.2 Å². The van der Waals surface area contributed by atoms with Crippen molar-refractivity contribution in [3.63, 3.8) is 0 Å². The zero-order chi connectivity index (χ0) is 34.1. The molecular weight excluding hydrogens is 586 g/mol. The Hall–Kier alpha value is -4.01. The number of piperidine rings is 1. The molecule has 47 heavy (non-hydrogen) atoms. The summed E-state index contributed by atoms with van der Waals surface area (Å²) in [5.74, 6) is -0.0459. The third-order valence-corrected chi connectivity index (χ3v) is 9.17. The van der Waals surface area contributed by atoms with E-state index in [1.54, 1.807) is 25.1 Å². The number of benzene rings is 3. The average molecular weight is 640 g/mol. The van der Waals surface area contributed by atoms with Crippen molar-refractivity contribution in [3.05, 3.63) is 96.1 Å². The summed E-state index contributed by atoms with van der Waals surface area (Å²) in [6.07, 6.45) is 6.37. The predicted molar refractivity (Wildman–Crippen MR) is 191 cm³/mol. The third kappa shape index (κ3) is 10.2. The second kappa shape index (κ2) is 16.2. The molecule has 1 aliphatic rings. The molecule has 1 saturated heterocycles. The lowest BCUT2D eigenvalue weighted by atomic mass is 9.94. The predicted octanol–water partition coefficient (Wildman–Crippen LogP) is 4.76. The smallest absolute Gasteiger partial charge is 0.246 e. The van der Waals surface area contributed by atoms with Gasteiger partial charge in [-0.2, -0.15) is 0 Å². The van der Waals surface area contributed by atoms with Crippen molar-refractivity contribution in [3.8, 4) is 0 Å². The van der Waals surface area contributed by atoms with Gasteiger partial charge in [0.1, 0.15) is 12.1 Å². The first kappa shape index (κ1) is 35.8. The molecule has 1 aliphatic heterocycles. The summed E-state index contributed by atoms with van der Waals surface area (Å²) in [7, 11) is 7.55. The third-order valence-electron chi connectivity index (χ3n) is 9.17. The normalized spacial score (nSPS) is 15.6. The van der Waals surface area contributed by atoms with Crippen LogP contribution < -0.4 is 5.73 Å². The first-order chi connectivity index (χ1) is 22.3. The van der Waals surface area contributed by atoms with E-state index in [1.807, 2.05) is 79.4 Å². The van der Waals surface area contributed by atoms with Crippen molar-refractivity contribution in [2.75, 3.05) is 47.8 Å². The number of likely N-dealkylation sites (tertiary alicyclic amines) is 1. The highest BCUT2D eigenvalue weighted by molar-refractivity contribution is 5.95. The van der Waals surface area contributed by atoms with E-state index in [4.69, 9.17) is 5.73 Å². The number of carbonyl (C=O) groups excluding carboxylic acids is 3. The van der Waals surface area contributed by atoms with Gasteiger partial charge in [0.15, 0.2) is 0 Å². The fourth-order valence-electron chi connectivity index (χ4n) is 6.39. The number of nitrogens with two attached hydrogens (primary N) is 1. The van der Waals surface area contributed by atoms with Crippen molar-refractivity contribution >= 4 is 28.5 Å². The van der Waals surface area contributed by atoms with Crippen LogP contribution in [-0.2, 0) is 27.2 Å². The van der Waals surface area contributed by atoms with Gasteiger partial charge in [0, 0.05) is 52.1 Å². The van der Waals surface area contributed by atoms with Crippen LogP contribution in [0, 0.1) is 5.92 Å². The number of carbonyl (C=O) groups is 3. The highest BCUT2D eigenvalue weighted by Crippen LogP contribution is 2.23. The SMILES string of the molecule is CN(C)CC1CCN(C(=O)[C@@H](Cc2ccccc2)N(C)C(=O)[C@@H](Cc2ccc3ccccc3c2)N(C)C(=O)/C=C/CC(C)(C)N)CC1. The Balaban J connectivity index is 1.63. The maximum absolute atomic E-state index is 14.6. The van der Waals surface area contributed by atoms with Crippen LogP contribution in [0.1, 0.15) is 44.2 Å². The van der Waals surface area contributed by atoms with Crippen LogP contribution >= 0.6 is 0 Å². The first-order valence-corrected chi connectivity index (χ1v) is 16.8. The first-order valence-electron chi connectivity index (χ1n) is 16.8. The Kier molecular flexibility index (Phi) is 12.4. The molecule has 3 aromatic rings. The van der Waals surface area contributed by atoms with E-state index in [1.165, 1.54) is 11.0 Å². The minimum Gasteiger partial charge on any atom is -0.341 e. The highest BCUT2D eigenvalue weighted by atomic mass is 16.2. The zero-order valence-electron chi connectivity index (χ0n) is 29.1. The summed E-state index contributed by atoms with van der Waals surface area (Å²) in [5, 5.41) is 2.18. The summed E-state index contributed by atoms with van der Waals surface area (Å²) in [6.45, 7) is 6.15. The van der Waals surface area contributed by atoms with E-state index < -0.39 is 17.6 Å². The van der Waals surface area contributed by atoms with Gasteiger partial charge < -0.3 is 25.3 Å². The molecule has 3 amide bonds. The molecule has 8 heteroatoms. The van der Waals surface area contributed by atoms with E-state index in [-0.39, 0.29) is 17.7 Å². The quantitative estimate of drug-likeness (QED) is 0.273. The minimum atomic E-state index is -0.818. The molecule has 8 nitrogen and oxygen atoms in total. The summed E-state index contributed by atoms with van der Waals surface area (Å²) in [4.78, 5) is 49.6. The number of likely N-dealkylation sites (N-methyl/N-ethyl adjacent to an activating group) is 2. The molecule has 1 fully saturated rings. The van der Waals surface area contributed by atoms with Crippen LogP contribution in [-0.4, -0.2) is 103 Å². The van der Waals surface area contributed by atoms with Gasteiger partial charge in [-0.1, -0.05) is 78.9 Å². The van der Waals surface area contributed by atoms with Crippen LogP contribution in [0.15, 0.2) is 84.9 Å². The summed E-state index contributed by atoms with van der Waals surface area (Å²) >= 11 is 0. The standard InChI is InChI=1S/C39H53N5O3/c1-39(2,40)22-12-17-36(45)42(5)34(27-31-18-19-32-15-10-11-16-33(32)25-31)37(46)43(6)35(26-29-13-8-7-9-14-29)38(47)44-23-20-30(21-24-44)28-41(3)4/h7-19,25,30,34-35H,20-24,26-28,40H2,1-6H3/b17-12+/t34-,35-/m1/s1. The average Bonchev–Trinajstić information content (AvgIpc) is 3.04. The molecular formula is C39H53N5O3. The highest BCUT2D eigenvalue weighted by Gasteiger charge is 2.37. The van der Waals surface area contributed by atoms with Crippen molar-refractivity contribution in [1.29, 1.82) is 0 Å². The Labute approximate surface area is 281 Å². The molecule has 0 spiro atoms. The molecule has 2 atom stereocenters. The van der Waals surface area contributed by atoms with Gasteiger partial charge in [-0.05, 0) is 81.1 Å². The van der Waals surface area contributed by atoms with Crippen LogP contribution in [0.3, 0.4) is 0 Å². The molecule has 0 aliphatic carbocycles.